The van der Waals surface area contributed by atoms with E-state index >= 15 is 0 Å². The van der Waals surface area contributed by atoms with Crippen LogP contribution in [0, 0.1) is 0 Å². The number of benzene rings is 1. The Labute approximate surface area is 81.8 Å². The molecule has 0 aliphatic rings. The minimum absolute atomic E-state index is 0.208. The molecule has 0 bridgehead atoms. The zero-order chi connectivity index (χ0) is 10.4. The summed E-state index contributed by atoms with van der Waals surface area (Å²) in [5.41, 5.74) is 3.12. The fourth-order valence-electron chi connectivity index (χ4n) is 0.861. The van der Waals surface area contributed by atoms with Crippen LogP contribution in [-0.4, -0.2) is 11.8 Å². The van der Waals surface area contributed by atoms with Crippen LogP contribution in [0.2, 0.25) is 0 Å². The largest absolute Gasteiger partial charge is 0.343 e. The van der Waals surface area contributed by atoms with E-state index < -0.39 is 5.97 Å². The van der Waals surface area contributed by atoms with Crippen LogP contribution in [0.3, 0.4) is 0 Å². The molecule has 0 aliphatic heterocycles. The minimum atomic E-state index is -0.582. The third kappa shape index (κ3) is 3.71. The molecule has 1 aromatic rings. The summed E-state index contributed by atoms with van der Waals surface area (Å²) in [6.07, 6.45) is -0.208. The Hall–Kier alpha value is -1.84. The summed E-state index contributed by atoms with van der Waals surface area (Å²) in [4.78, 5) is 26.1. The standard InChI is InChI=1S/C10H11NO3/c1-8(12)7-10(13)14-11-9-5-3-2-4-6-9/h2-6,11H,7H2,1H3. The average molecular weight is 193 g/mol. The average Bonchev–Trinajstić information content (AvgIpc) is 2.15. The summed E-state index contributed by atoms with van der Waals surface area (Å²) in [5, 5.41) is 0. The molecule has 1 N–H and O–H groups in total. The van der Waals surface area contributed by atoms with Crippen LogP contribution in [0.4, 0.5) is 5.69 Å². The van der Waals surface area contributed by atoms with Crippen molar-refractivity contribution in [3.8, 4) is 0 Å². The molecule has 4 heteroatoms. The molecule has 0 amide bonds. The third-order valence-electron chi connectivity index (χ3n) is 1.45. The summed E-state index contributed by atoms with van der Waals surface area (Å²) in [6, 6.07) is 8.97. The highest BCUT2D eigenvalue weighted by molar-refractivity contribution is 5.94. The molecule has 74 valence electrons. The highest BCUT2D eigenvalue weighted by Gasteiger charge is 2.05. The predicted molar refractivity (Wildman–Crippen MR) is 51.5 cm³/mol. The SMILES string of the molecule is CC(=O)CC(=O)ONc1ccccc1. The fourth-order valence-corrected chi connectivity index (χ4v) is 0.861. The van der Waals surface area contributed by atoms with Crippen molar-refractivity contribution in [3.05, 3.63) is 30.3 Å². The van der Waals surface area contributed by atoms with Gasteiger partial charge in [-0.05, 0) is 19.1 Å². The van der Waals surface area contributed by atoms with Gasteiger partial charge < -0.3 is 4.84 Å². The van der Waals surface area contributed by atoms with E-state index in [2.05, 4.69) is 10.3 Å². The molecule has 0 atom stereocenters. The van der Waals surface area contributed by atoms with Crippen LogP contribution in [0.1, 0.15) is 13.3 Å². The van der Waals surface area contributed by atoms with E-state index in [0.29, 0.717) is 5.69 Å². The summed E-state index contributed by atoms with van der Waals surface area (Å²) in [6.45, 7) is 1.34. The molecular formula is C10H11NO3. The van der Waals surface area contributed by atoms with E-state index in [1.807, 2.05) is 6.07 Å². The van der Waals surface area contributed by atoms with Gasteiger partial charge in [0.1, 0.15) is 12.2 Å². The zero-order valence-corrected chi connectivity index (χ0v) is 7.82. The summed E-state index contributed by atoms with van der Waals surface area (Å²) < 4.78 is 0. The van der Waals surface area contributed by atoms with Gasteiger partial charge in [0.15, 0.2) is 0 Å². The molecule has 0 spiro atoms. The van der Waals surface area contributed by atoms with E-state index in [4.69, 9.17) is 0 Å². The van der Waals surface area contributed by atoms with Crippen LogP contribution in [0.25, 0.3) is 0 Å². The Morgan fingerprint density at radius 2 is 1.93 bits per heavy atom. The lowest BCUT2D eigenvalue weighted by molar-refractivity contribution is -0.143. The van der Waals surface area contributed by atoms with Crippen LogP contribution in [0.15, 0.2) is 30.3 Å². The van der Waals surface area contributed by atoms with Gasteiger partial charge in [-0.1, -0.05) is 18.2 Å². The highest BCUT2D eigenvalue weighted by Crippen LogP contribution is 2.04. The van der Waals surface area contributed by atoms with E-state index in [1.54, 1.807) is 24.3 Å². The normalized spacial score (nSPS) is 9.21. The van der Waals surface area contributed by atoms with E-state index in [1.165, 1.54) is 6.92 Å². The number of anilines is 1. The number of rotatable bonds is 4. The maximum atomic E-state index is 10.9. The summed E-state index contributed by atoms with van der Waals surface area (Å²) >= 11 is 0. The van der Waals surface area contributed by atoms with Crippen molar-refractivity contribution in [2.24, 2.45) is 0 Å². The number of para-hydroxylation sites is 1. The molecule has 0 saturated heterocycles. The smallest absolute Gasteiger partial charge is 0.339 e. The molecule has 1 rings (SSSR count). The Morgan fingerprint density at radius 1 is 1.29 bits per heavy atom. The van der Waals surface area contributed by atoms with Crippen molar-refractivity contribution >= 4 is 17.4 Å². The maximum absolute atomic E-state index is 10.9. The van der Waals surface area contributed by atoms with Crippen molar-refractivity contribution in [1.29, 1.82) is 0 Å². The Bertz CT molecular complexity index is 321. The molecule has 4 nitrogen and oxygen atoms in total. The summed E-state index contributed by atoms with van der Waals surface area (Å²) in [5.74, 6) is -0.800. The molecule has 0 radical (unpaired) electrons. The topological polar surface area (TPSA) is 55.4 Å². The molecule has 14 heavy (non-hydrogen) atoms. The van der Waals surface area contributed by atoms with Gasteiger partial charge in [0, 0.05) is 0 Å². The number of carbonyl (C=O) groups excluding carboxylic acids is 2. The van der Waals surface area contributed by atoms with Crippen LogP contribution in [-0.2, 0) is 14.4 Å². The first-order valence-electron chi connectivity index (χ1n) is 4.18. The third-order valence-corrected chi connectivity index (χ3v) is 1.45. The van der Waals surface area contributed by atoms with Crippen molar-refractivity contribution in [2.75, 3.05) is 5.48 Å². The molecule has 0 aliphatic carbocycles. The number of carbonyl (C=O) groups is 2. The van der Waals surface area contributed by atoms with Gasteiger partial charge in [-0.15, -0.1) is 0 Å². The zero-order valence-electron chi connectivity index (χ0n) is 7.82. The Balaban J connectivity index is 2.34. The fraction of sp³-hybridized carbons (Fsp3) is 0.200. The van der Waals surface area contributed by atoms with Crippen LogP contribution >= 0.6 is 0 Å². The van der Waals surface area contributed by atoms with E-state index in [0.717, 1.165) is 0 Å². The Kier molecular flexibility index (Phi) is 3.67. The quantitative estimate of drug-likeness (QED) is 0.582. The second kappa shape index (κ2) is 5.01. The lowest BCUT2D eigenvalue weighted by Gasteiger charge is -2.04. The van der Waals surface area contributed by atoms with Gasteiger partial charge in [-0.3, -0.25) is 4.79 Å². The van der Waals surface area contributed by atoms with Crippen molar-refractivity contribution in [2.45, 2.75) is 13.3 Å². The first-order chi connectivity index (χ1) is 6.68. The molecule has 0 unspecified atom stereocenters. The first-order valence-corrected chi connectivity index (χ1v) is 4.18. The van der Waals surface area contributed by atoms with Crippen LogP contribution in [0.5, 0.6) is 0 Å². The number of hydrogen-bond acceptors (Lipinski definition) is 4. The van der Waals surface area contributed by atoms with E-state index in [9.17, 15) is 9.59 Å². The highest BCUT2D eigenvalue weighted by atomic mass is 16.7. The van der Waals surface area contributed by atoms with Crippen LogP contribution < -0.4 is 5.48 Å². The minimum Gasteiger partial charge on any atom is -0.343 e. The number of Topliss-reactive ketones (excluding diaryl/α,β-unsaturated/α-hetero) is 1. The number of hydrogen-bond donors (Lipinski definition) is 1. The molecule has 0 heterocycles. The molecule has 0 saturated carbocycles. The maximum Gasteiger partial charge on any atom is 0.339 e. The lowest BCUT2D eigenvalue weighted by Crippen LogP contribution is -2.13. The lowest BCUT2D eigenvalue weighted by atomic mass is 10.3. The van der Waals surface area contributed by atoms with Gasteiger partial charge in [-0.2, -0.15) is 0 Å². The molecular weight excluding hydrogens is 182 g/mol. The molecule has 0 fully saturated rings. The predicted octanol–water partition coefficient (Wildman–Crippen LogP) is 1.54. The van der Waals surface area contributed by atoms with Crippen molar-refractivity contribution < 1.29 is 14.4 Å². The van der Waals surface area contributed by atoms with Gasteiger partial charge in [0.25, 0.3) is 0 Å². The monoisotopic (exact) mass is 193 g/mol. The van der Waals surface area contributed by atoms with E-state index in [-0.39, 0.29) is 12.2 Å². The second-order valence-corrected chi connectivity index (χ2v) is 2.82. The van der Waals surface area contributed by atoms with Gasteiger partial charge in [0.05, 0.1) is 5.69 Å². The Morgan fingerprint density at radius 3 is 2.50 bits per heavy atom. The van der Waals surface area contributed by atoms with Crippen molar-refractivity contribution in [1.82, 2.24) is 0 Å². The van der Waals surface area contributed by atoms with Gasteiger partial charge >= 0.3 is 5.97 Å². The van der Waals surface area contributed by atoms with Gasteiger partial charge in [0.2, 0.25) is 0 Å². The van der Waals surface area contributed by atoms with Gasteiger partial charge in [-0.25, -0.2) is 10.3 Å². The number of nitrogens with one attached hydrogen (secondary N) is 1. The molecule has 1 aromatic carbocycles. The molecule has 0 aromatic heterocycles. The first kappa shape index (κ1) is 10.2. The van der Waals surface area contributed by atoms with Crippen molar-refractivity contribution in [3.63, 3.8) is 0 Å². The summed E-state index contributed by atoms with van der Waals surface area (Å²) in [7, 11) is 0. The second-order valence-electron chi connectivity index (χ2n) is 2.82. The number of ketones is 1.